The second-order valence-corrected chi connectivity index (χ2v) is 6.22. The van der Waals surface area contributed by atoms with E-state index in [9.17, 15) is 0 Å². The van der Waals surface area contributed by atoms with Crippen LogP contribution in [0.4, 0.5) is 0 Å². The van der Waals surface area contributed by atoms with Gasteiger partial charge in [0.05, 0.1) is 17.8 Å². The van der Waals surface area contributed by atoms with Crippen molar-refractivity contribution in [1.29, 1.82) is 0 Å². The maximum absolute atomic E-state index is 5.17. The van der Waals surface area contributed by atoms with Crippen LogP contribution in [0.15, 0.2) is 23.3 Å². The molecular formula is C15H22N4OS. The maximum Gasteiger partial charge on any atom is 0.111 e. The molecule has 114 valence electrons. The second kappa shape index (κ2) is 7.15. The highest BCUT2D eigenvalue weighted by Gasteiger charge is 2.24. The zero-order valence-corrected chi connectivity index (χ0v) is 13.3. The normalized spacial score (nSPS) is 17.4. The first-order valence-corrected chi connectivity index (χ1v) is 8.40. The minimum absolute atomic E-state index is 0.573. The molecule has 0 aromatic carbocycles. The summed E-state index contributed by atoms with van der Waals surface area (Å²) < 4.78 is 7.41. The van der Waals surface area contributed by atoms with Crippen LogP contribution >= 0.6 is 11.3 Å². The number of ether oxygens (including phenoxy) is 1. The number of hydrogen-bond donors (Lipinski definition) is 0. The highest BCUT2D eigenvalue weighted by Crippen LogP contribution is 2.27. The van der Waals surface area contributed by atoms with Crippen LogP contribution in [0.3, 0.4) is 0 Å². The molecule has 0 unspecified atom stereocenters. The van der Waals surface area contributed by atoms with Crippen molar-refractivity contribution in [3.63, 3.8) is 0 Å². The third-order valence-corrected chi connectivity index (χ3v) is 4.74. The van der Waals surface area contributed by atoms with Gasteiger partial charge in [0.1, 0.15) is 5.82 Å². The van der Waals surface area contributed by atoms with Gasteiger partial charge in [-0.3, -0.25) is 4.90 Å². The van der Waals surface area contributed by atoms with Crippen LogP contribution in [0.2, 0.25) is 0 Å². The van der Waals surface area contributed by atoms with Gasteiger partial charge < -0.3 is 9.30 Å². The molecule has 0 bridgehead atoms. The molecule has 0 radical (unpaired) electrons. The Hall–Kier alpha value is -1.24. The maximum atomic E-state index is 5.17. The first-order valence-electron chi connectivity index (χ1n) is 7.46. The summed E-state index contributed by atoms with van der Waals surface area (Å²) in [5, 5.41) is 2.14. The lowest BCUT2D eigenvalue weighted by Gasteiger charge is -2.31. The summed E-state index contributed by atoms with van der Waals surface area (Å²) in [6.45, 7) is 4.86. The standard InChI is InChI=1S/C15H22N4OS/c1-20-9-8-19-7-4-16-15(19)13-2-5-18(6-3-13)10-14-11-21-12-17-14/h4,7,11-13H,2-3,5-6,8-10H2,1H3. The molecule has 3 rings (SSSR count). The lowest BCUT2D eigenvalue weighted by atomic mass is 9.96. The van der Waals surface area contributed by atoms with E-state index in [0.29, 0.717) is 5.92 Å². The molecule has 0 amide bonds. The van der Waals surface area contributed by atoms with Gasteiger partial charge in [0.15, 0.2) is 0 Å². The zero-order chi connectivity index (χ0) is 14.5. The smallest absolute Gasteiger partial charge is 0.111 e. The molecule has 0 saturated carbocycles. The van der Waals surface area contributed by atoms with E-state index in [1.165, 1.54) is 24.4 Å². The van der Waals surface area contributed by atoms with E-state index < -0.39 is 0 Å². The Morgan fingerprint density at radius 1 is 1.33 bits per heavy atom. The molecule has 2 aromatic heterocycles. The molecule has 1 saturated heterocycles. The van der Waals surface area contributed by atoms with E-state index >= 15 is 0 Å². The number of likely N-dealkylation sites (tertiary alicyclic amines) is 1. The molecule has 1 fully saturated rings. The molecule has 1 aliphatic rings. The van der Waals surface area contributed by atoms with Crippen molar-refractivity contribution in [2.75, 3.05) is 26.8 Å². The molecule has 0 aliphatic carbocycles. The minimum atomic E-state index is 0.573. The van der Waals surface area contributed by atoms with Crippen molar-refractivity contribution in [3.05, 3.63) is 34.8 Å². The summed E-state index contributed by atoms with van der Waals surface area (Å²) in [6.07, 6.45) is 6.32. The average molecular weight is 306 g/mol. The molecule has 21 heavy (non-hydrogen) atoms. The highest BCUT2D eigenvalue weighted by atomic mass is 32.1. The molecule has 2 aromatic rings. The Kier molecular flexibility index (Phi) is 5.00. The largest absolute Gasteiger partial charge is 0.383 e. The van der Waals surface area contributed by atoms with Crippen molar-refractivity contribution < 1.29 is 4.74 Å². The molecule has 0 N–H and O–H groups in total. The Bertz CT molecular complexity index is 532. The number of piperidine rings is 1. The highest BCUT2D eigenvalue weighted by molar-refractivity contribution is 7.07. The Balaban J connectivity index is 1.54. The number of methoxy groups -OCH3 is 1. The van der Waals surface area contributed by atoms with Gasteiger partial charge in [0, 0.05) is 43.9 Å². The zero-order valence-electron chi connectivity index (χ0n) is 12.4. The average Bonchev–Trinajstić information content (AvgIpc) is 3.17. The van der Waals surface area contributed by atoms with E-state index in [-0.39, 0.29) is 0 Å². The molecule has 0 spiro atoms. The van der Waals surface area contributed by atoms with Crippen molar-refractivity contribution >= 4 is 11.3 Å². The van der Waals surface area contributed by atoms with Gasteiger partial charge in [0.25, 0.3) is 0 Å². The summed E-state index contributed by atoms with van der Waals surface area (Å²) >= 11 is 1.67. The van der Waals surface area contributed by atoms with Gasteiger partial charge in [-0.15, -0.1) is 11.3 Å². The van der Waals surface area contributed by atoms with Gasteiger partial charge in [0.2, 0.25) is 0 Å². The Labute approximate surface area is 129 Å². The van der Waals surface area contributed by atoms with Crippen molar-refractivity contribution in [3.8, 4) is 0 Å². The predicted octanol–water partition coefficient (Wildman–Crippen LogP) is 2.37. The number of aromatic nitrogens is 3. The van der Waals surface area contributed by atoms with Crippen LogP contribution in [0.25, 0.3) is 0 Å². The number of hydrogen-bond acceptors (Lipinski definition) is 5. The van der Waals surface area contributed by atoms with E-state index in [4.69, 9.17) is 4.74 Å². The minimum Gasteiger partial charge on any atom is -0.383 e. The van der Waals surface area contributed by atoms with Crippen LogP contribution in [0.5, 0.6) is 0 Å². The van der Waals surface area contributed by atoms with Gasteiger partial charge >= 0.3 is 0 Å². The third kappa shape index (κ3) is 3.70. The fourth-order valence-corrected chi connectivity index (χ4v) is 3.50. The predicted molar refractivity (Wildman–Crippen MR) is 83.5 cm³/mol. The van der Waals surface area contributed by atoms with Gasteiger partial charge in [-0.2, -0.15) is 0 Å². The lowest BCUT2D eigenvalue weighted by Crippen LogP contribution is -2.33. The van der Waals surface area contributed by atoms with E-state index in [0.717, 1.165) is 32.8 Å². The second-order valence-electron chi connectivity index (χ2n) is 5.50. The topological polar surface area (TPSA) is 43.2 Å². The Morgan fingerprint density at radius 3 is 2.90 bits per heavy atom. The summed E-state index contributed by atoms with van der Waals surface area (Å²) in [5.74, 6) is 1.80. The summed E-state index contributed by atoms with van der Waals surface area (Å²) in [6, 6.07) is 0. The van der Waals surface area contributed by atoms with Gasteiger partial charge in [-0.05, 0) is 25.9 Å². The Morgan fingerprint density at radius 2 is 2.19 bits per heavy atom. The number of rotatable bonds is 6. The monoisotopic (exact) mass is 306 g/mol. The molecule has 5 nitrogen and oxygen atoms in total. The van der Waals surface area contributed by atoms with Crippen molar-refractivity contribution in [2.45, 2.75) is 31.8 Å². The first-order chi connectivity index (χ1) is 10.4. The molecule has 6 heteroatoms. The van der Waals surface area contributed by atoms with Gasteiger partial charge in [-0.25, -0.2) is 9.97 Å². The fraction of sp³-hybridized carbons (Fsp3) is 0.600. The number of imidazole rings is 1. The van der Waals surface area contributed by atoms with Crippen LogP contribution in [0, 0.1) is 0 Å². The van der Waals surface area contributed by atoms with Crippen LogP contribution < -0.4 is 0 Å². The molecule has 3 heterocycles. The van der Waals surface area contributed by atoms with Crippen LogP contribution in [0.1, 0.15) is 30.3 Å². The summed E-state index contributed by atoms with van der Waals surface area (Å²) in [5.41, 5.74) is 3.11. The molecule has 0 atom stereocenters. The third-order valence-electron chi connectivity index (χ3n) is 4.11. The van der Waals surface area contributed by atoms with E-state index in [2.05, 4.69) is 31.0 Å². The fourth-order valence-electron chi connectivity index (χ4n) is 2.95. The SMILES string of the molecule is COCCn1ccnc1C1CCN(Cc2cscn2)CC1. The number of thiazole rings is 1. The first kappa shape index (κ1) is 14.7. The summed E-state index contributed by atoms with van der Waals surface area (Å²) in [4.78, 5) is 11.4. The van der Waals surface area contributed by atoms with Crippen molar-refractivity contribution in [2.24, 2.45) is 0 Å². The van der Waals surface area contributed by atoms with Gasteiger partial charge in [-0.1, -0.05) is 0 Å². The van der Waals surface area contributed by atoms with Crippen molar-refractivity contribution in [1.82, 2.24) is 19.4 Å². The van der Waals surface area contributed by atoms with Crippen LogP contribution in [-0.4, -0.2) is 46.2 Å². The van der Waals surface area contributed by atoms with E-state index in [1.54, 1.807) is 18.4 Å². The van der Waals surface area contributed by atoms with Crippen LogP contribution in [-0.2, 0) is 17.8 Å². The number of nitrogens with zero attached hydrogens (tertiary/aromatic N) is 4. The molecule has 1 aliphatic heterocycles. The summed E-state index contributed by atoms with van der Waals surface area (Å²) in [7, 11) is 1.74. The lowest BCUT2D eigenvalue weighted by molar-refractivity contribution is 0.180. The van der Waals surface area contributed by atoms with E-state index in [1.807, 2.05) is 11.7 Å². The molecular weight excluding hydrogens is 284 g/mol. The quantitative estimate of drug-likeness (QED) is 0.822.